The second-order valence-corrected chi connectivity index (χ2v) is 7.41. The molecule has 2 rings (SSSR count). The lowest BCUT2D eigenvalue weighted by Gasteiger charge is -2.31. The van der Waals surface area contributed by atoms with Crippen molar-refractivity contribution in [1.82, 2.24) is 10.2 Å². The van der Waals surface area contributed by atoms with Gasteiger partial charge in [-0.2, -0.15) is 0 Å². The molecule has 1 aromatic rings. The van der Waals surface area contributed by atoms with Gasteiger partial charge in [0.15, 0.2) is 11.5 Å². The molecule has 1 N–H and O–H groups in total. The number of ether oxygens (including phenoxy) is 2. The number of carbonyl (C=O) groups excluding carboxylic acids is 2. The Balaban J connectivity index is 1.99. The Kier molecular flexibility index (Phi) is 8.61. The van der Waals surface area contributed by atoms with Crippen molar-refractivity contribution < 1.29 is 19.1 Å². The molecule has 0 radical (unpaired) electrons. The van der Waals surface area contributed by atoms with Crippen LogP contribution in [0.5, 0.6) is 11.5 Å². The Morgan fingerprint density at radius 3 is 2.29 bits per heavy atom. The highest BCUT2D eigenvalue weighted by Crippen LogP contribution is 2.31. The lowest BCUT2D eigenvalue weighted by molar-refractivity contribution is -0.134. The first-order valence-corrected chi connectivity index (χ1v) is 10.4. The van der Waals surface area contributed by atoms with Crippen LogP contribution in [0.2, 0.25) is 0 Å². The van der Waals surface area contributed by atoms with Crippen molar-refractivity contribution in [3.8, 4) is 11.5 Å². The van der Waals surface area contributed by atoms with E-state index in [1.165, 1.54) is 0 Å². The van der Waals surface area contributed by atoms with Crippen LogP contribution in [0.3, 0.4) is 0 Å². The van der Waals surface area contributed by atoms with Gasteiger partial charge in [-0.1, -0.05) is 19.9 Å². The summed E-state index contributed by atoms with van der Waals surface area (Å²) < 4.78 is 11.6. The number of rotatable bonds is 9. The SMILES string of the molecule is CCCOc1ccc(C(C)NC(=O)C2CCN(C(C)=O)CC2)cc1OCCC. The van der Waals surface area contributed by atoms with E-state index in [2.05, 4.69) is 19.2 Å². The Morgan fingerprint density at radius 2 is 1.71 bits per heavy atom. The summed E-state index contributed by atoms with van der Waals surface area (Å²) in [5.41, 5.74) is 0.990. The second kappa shape index (κ2) is 10.9. The van der Waals surface area contributed by atoms with Gasteiger partial charge < -0.3 is 19.7 Å². The number of hydrogen-bond acceptors (Lipinski definition) is 4. The highest BCUT2D eigenvalue weighted by atomic mass is 16.5. The number of nitrogens with zero attached hydrogens (tertiary/aromatic N) is 1. The summed E-state index contributed by atoms with van der Waals surface area (Å²) in [7, 11) is 0. The summed E-state index contributed by atoms with van der Waals surface area (Å²) in [6.07, 6.45) is 3.28. The molecule has 0 aromatic heterocycles. The van der Waals surface area contributed by atoms with Gasteiger partial charge >= 0.3 is 0 Å². The molecule has 1 saturated heterocycles. The summed E-state index contributed by atoms with van der Waals surface area (Å²) in [5.74, 6) is 1.56. The predicted molar refractivity (Wildman–Crippen MR) is 110 cm³/mol. The fourth-order valence-corrected chi connectivity index (χ4v) is 3.32. The molecule has 28 heavy (non-hydrogen) atoms. The molecular formula is C22H34N2O4. The van der Waals surface area contributed by atoms with Gasteiger partial charge in [-0.15, -0.1) is 0 Å². The predicted octanol–water partition coefficient (Wildman–Crippen LogP) is 3.70. The van der Waals surface area contributed by atoms with Crippen LogP contribution in [0.4, 0.5) is 0 Å². The van der Waals surface area contributed by atoms with E-state index in [4.69, 9.17) is 9.47 Å². The average molecular weight is 391 g/mol. The van der Waals surface area contributed by atoms with Crippen molar-refractivity contribution in [2.24, 2.45) is 5.92 Å². The van der Waals surface area contributed by atoms with Crippen LogP contribution in [0, 0.1) is 5.92 Å². The van der Waals surface area contributed by atoms with E-state index >= 15 is 0 Å². The Hall–Kier alpha value is -2.24. The summed E-state index contributed by atoms with van der Waals surface area (Å²) in [6, 6.07) is 5.74. The van der Waals surface area contributed by atoms with Crippen LogP contribution in [0.15, 0.2) is 18.2 Å². The normalized spacial score (nSPS) is 15.8. The molecular weight excluding hydrogens is 356 g/mol. The molecule has 2 amide bonds. The monoisotopic (exact) mass is 390 g/mol. The number of amides is 2. The topological polar surface area (TPSA) is 67.9 Å². The molecule has 0 aliphatic carbocycles. The number of carbonyl (C=O) groups is 2. The zero-order valence-corrected chi connectivity index (χ0v) is 17.6. The van der Waals surface area contributed by atoms with Crippen molar-refractivity contribution in [1.29, 1.82) is 0 Å². The molecule has 1 unspecified atom stereocenters. The third kappa shape index (κ3) is 6.14. The minimum Gasteiger partial charge on any atom is -0.490 e. The molecule has 1 aromatic carbocycles. The largest absolute Gasteiger partial charge is 0.490 e. The van der Waals surface area contributed by atoms with Gasteiger partial charge in [0.1, 0.15) is 0 Å². The average Bonchev–Trinajstić information content (AvgIpc) is 2.70. The highest BCUT2D eigenvalue weighted by Gasteiger charge is 2.27. The van der Waals surface area contributed by atoms with Gasteiger partial charge in [-0.3, -0.25) is 9.59 Å². The fraction of sp³-hybridized carbons (Fsp3) is 0.636. The Morgan fingerprint density at radius 1 is 1.11 bits per heavy atom. The number of nitrogens with one attached hydrogen (secondary N) is 1. The first-order valence-electron chi connectivity index (χ1n) is 10.4. The molecule has 1 atom stereocenters. The van der Waals surface area contributed by atoms with E-state index in [-0.39, 0.29) is 23.8 Å². The summed E-state index contributed by atoms with van der Waals surface area (Å²) in [5, 5.41) is 3.12. The van der Waals surface area contributed by atoms with E-state index in [0.29, 0.717) is 39.1 Å². The number of piperidine rings is 1. The van der Waals surface area contributed by atoms with Crippen LogP contribution in [0.25, 0.3) is 0 Å². The number of hydrogen-bond donors (Lipinski definition) is 1. The third-order valence-corrected chi connectivity index (χ3v) is 5.06. The van der Waals surface area contributed by atoms with Gasteiger partial charge in [0, 0.05) is 25.9 Å². The van der Waals surface area contributed by atoms with Gasteiger partial charge in [-0.25, -0.2) is 0 Å². The third-order valence-electron chi connectivity index (χ3n) is 5.06. The van der Waals surface area contributed by atoms with Crippen LogP contribution in [-0.2, 0) is 9.59 Å². The minimum atomic E-state index is -0.123. The Bertz CT molecular complexity index is 654. The molecule has 1 aliphatic rings. The van der Waals surface area contributed by atoms with Gasteiger partial charge in [-0.05, 0) is 50.3 Å². The standard InChI is InChI=1S/C22H34N2O4/c1-5-13-27-20-8-7-19(15-21(20)28-14-6-2)16(3)23-22(26)18-9-11-24(12-10-18)17(4)25/h7-8,15-16,18H,5-6,9-14H2,1-4H3,(H,23,26). The molecule has 6 nitrogen and oxygen atoms in total. The van der Waals surface area contributed by atoms with Gasteiger partial charge in [0.2, 0.25) is 11.8 Å². The quantitative estimate of drug-likeness (QED) is 0.698. The molecule has 0 saturated carbocycles. The first-order chi connectivity index (χ1) is 13.5. The summed E-state index contributed by atoms with van der Waals surface area (Å²) in [4.78, 5) is 25.9. The number of likely N-dealkylation sites (tertiary alicyclic amines) is 1. The van der Waals surface area contributed by atoms with Crippen molar-refractivity contribution in [3.63, 3.8) is 0 Å². The van der Waals surface area contributed by atoms with E-state index in [9.17, 15) is 9.59 Å². The van der Waals surface area contributed by atoms with Crippen LogP contribution < -0.4 is 14.8 Å². The Labute approximate surface area is 168 Å². The second-order valence-electron chi connectivity index (χ2n) is 7.41. The van der Waals surface area contributed by atoms with Crippen molar-refractivity contribution in [3.05, 3.63) is 23.8 Å². The van der Waals surface area contributed by atoms with Crippen LogP contribution in [0.1, 0.15) is 65.0 Å². The molecule has 1 heterocycles. The molecule has 0 spiro atoms. The van der Waals surface area contributed by atoms with E-state index < -0.39 is 0 Å². The maximum Gasteiger partial charge on any atom is 0.223 e. The summed E-state index contributed by atoms with van der Waals surface area (Å²) in [6.45, 7) is 10.3. The van der Waals surface area contributed by atoms with Crippen molar-refractivity contribution in [2.75, 3.05) is 26.3 Å². The molecule has 6 heteroatoms. The lowest BCUT2D eigenvalue weighted by atomic mass is 9.95. The minimum absolute atomic E-state index is 0.0407. The highest BCUT2D eigenvalue weighted by molar-refractivity contribution is 5.80. The number of benzene rings is 1. The summed E-state index contributed by atoms with van der Waals surface area (Å²) >= 11 is 0. The molecule has 0 bridgehead atoms. The smallest absolute Gasteiger partial charge is 0.223 e. The zero-order chi connectivity index (χ0) is 20.5. The van der Waals surface area contributed by atoms with Crippen molar-refractivity contribution >= 4 is 11.8 Å². The van der Waals surface area contributed by atoms with E-state index in [1.54, 1.807) is 11.8 Å². The van der Waals surface area contributed by atoms with E-state index in [0.717, 1.165) is 29.9 Å². The lowest BCUT2D eigenvalue weighted by Crippen LogP contribution is -2.42. The molecule has 156 valence electrons. The van der Waals surface area contributed by atoms with Crippen LogP contribution >= 0.6 is 0 Å². The van der Waals surface area contributed by atoms with E-state index in [1.807, 2.05) is 25.1 Å². The zero-order valence-electron chi connectivity index (χ0n) is 17.6. The van der Waals surface area contributed by atoms with Crippen LogP contribution in [-0.4, -0.2) is 43.0 Å². The van der Waals surface area contributed by atoms with Gasteiger partial charge in [0.05, 0.1) is 19.3 Å². The first kappa shape index (κ1) is 22.1. The molecule has 1 aliphatic heterocycles. The maximum absolute atomic E-state index is 12.7. The van der Waals surface area contributed by atoms with Gasteiger partial charge in [0.25, 0.3) is 0 Å². The maximum atomic E-state index is 12.7. The molecule has 1 fully saturated rings. The fourth-order valence-electron chi connectivity index (χ4n) is 3.32. The van der Waals surface area contributed by atoms with Crippen molar-refractivity contribution in [2.45, 2.75) is 59.4 Å².